The molecule has 0 bridgehead atoms. The van der Waals surface area contributed by atoms with Crippen LogP contribution in [0, 0.1) is 0 Å². The van der Waals surface area contributed by atoms with Crippen molar-refractivity contribution in [3.63, 3.8) is 0 Å². The molecule has 0 aromatic carbocycles. The molecule has 0 radical (unpaired) electrons. The molecule has 72 valence electrons. The van der Waals surface area contributed by atoms with Gasteiger partial charge in [0.2, 0.25) is 0 Å². The van der Waals surface area contributed by atoms with Crippen LogP contribution in [0.1, 0.15) is 6.92 Å². The first-order valence-electron chi connectivity index (χ1n) is 2.87. The third kappa shape index (κ3) is 25.6. The molecule has 0 heterocycles. The Morgan fingerprint density at radius 3 is 1.64 bits per heavy atom. The van der Waals surface area contributed by atoms with Crippen molar-refractivity contribution in [2.45, 2.75) is 13.0 Å². The summed E-state index contributed by atoms with van der Waals surface area (Å²) in [7, 11) is 0. The van der Waals surface area contributed by atoms with Crippen molar-refractivity contribution in [3.05, 3.63) is 0 Å². The molecule has 0 aliphatic carbocycles. The Morgan fingerprint density at radius 1 is 1.45 bits per heavy atom. The van der Waals surface area contributed by atoms with E-state index in [1.54, 1.807) is 0 Å². The molecular weight excluding hydrogens is 331 g/mol. The Balaban J connectivity index is -0.000000114. The topological polar surface area (TPSA) is 110 Å². The molecule has 6 N–H and O–H groups in total. The van der Waals surface area contributed by atoms with E-state index in [1.165, 1.54) is 6.92 Å². The molecule has 0 spiro atoms. The van der Waals surface area contributed by atoms with E-state index in [4.69, 9.17) is 21.7 Å². The fraction of sp³-hybridized carbons (Fsp3) is 0.800. The molecule has 11 heavy (non-hydrogen) atoms. The van der Waals surface area contributed by atoms with Gasteiger partial charge in [-0.05, 0) is 6.92 Å². The molecule has 0 saturated heterocycles. The molecule has 1 unspecified atom stereocenters. The summed E-state index contributed by atoms with van der Waals surface area (Å²) in [5.74, 6) is -1.19. The number of carbonyl (C=O) groups is 1. The monoisotopic (exact) mass is 345 g/mol. The average Bonchev–Trinajstić information content (AvgIpc) is 1.89. The third-order valence-corrected chi connectivity index (χ3v) is 0.524. The fourth-order valence-electron chi connectivity index (χ4n) is 0. The van der Waals surface area contributed by atoms with E-state index in [-0.39, 0.29) is 21.1 Å². The standard InChI is InChI=1S/C3H6O3.C2H8N2.Pt/c1-2(4)3(5)6;3-1-2-4;/h2,4H,1H3,(H,5,6);1-4H2;. The van der Waals surface area contributed by atoms with Gasteiger partial charge in [-0.15, -0.1) is 0 Å². The number of hydrogen-bond donors (Lipinski definition) is 4. The summed E-state index contributed by atoms with van der Waals surface area (Å²) in [5, 5.41) is 15.8. The van der Waals surface area contributed by atoms with E-state index in [9.17, 15) is 4.79 Å². The van der Waals surface area contributed by atoms with Gasteiger partial charge in [0.1, 0.15) is 6.10 Å². The molecule has 1 atom stereocenters. The van der Waals surface area contributed by atoms with E-state index in [0.717, 1.165) is 0 Å². The first kappa shape index (κ1) is 17.2. The van der Waals surface area contributed by atoms with E-state index in [1.807, 2.05) is 0 Å². The van der Waals surface area contributed by atoms with Crippen LogP contribution in [-0.2, 0) is 25.9 Å². The van der Waals surface area contributed by atoms with E-state index < -0.39 is 12.1 Å². The van der Waals surface area contributed by atoms with Crippen molar-refractivity contribution in [3.8, 4) is 0 Å². The maximum Gasteiger partial charge on any atom is 0.332 e. The predicted octanol–water partition coefficient (Wildman–Crippen LogP) is -1.65. The number of nitrogens with two attached hydrogens (primary N) is 2. The van der Waals surface area contributed by atoms with Crippen molar-refractivity contribution >= 4 is 5.97 Å². The number of aliphatic carboxylic acids is 1. The van der Waals surface area contributed by atoms with Crippen LogP contribution in [0.2, 0.25) is 0 Å². The van der Waals surface area contributed by atoms with Crippen LogP contribution in [-0.4, -0.2) is 35.4 Å². The smallest absolute Gasteiger partial charge is 0.332 e. The summed E-state index contributed by atoms with van der Waals surface area (Å²) >= 11 is 0. The number of rotatable bonds is 2. The molecule has 0 fully saturated rings. The minimum Gasteiger partial charge on any atom is -0.479 e. The minimum atomic E-state index is -1.23. The van der Waals surface area contributed by atoms with Crippen LogP contribution in [0.3, 0.4) is 0 Å². The summed E-state index contributed by atoms with van der Waals surface area (Å²) in [6.45, 7) is 2.39. The van der Waals surface area contributed by atoms with Crippen molar-refractivity contribution in [1.29, 1.82) is 0 Å². The van der Waals surface area contributed by atoms with Gasteiger partial charge in [0.25, 0.3) is 0 Å². The fourth-order valence-corrected chi connectivity index (χ4v) is 0. The van der Waals surface area contributed by atoms with E-state index in [2.05, 4.69) is 0 Å². The molecule has 0 rings (SSSR count). The van der Waals surface area contributed by atoms with Crippen LogP contribution >= 0.6 is 0 Å². The van der Waals surface area contributed by atoms with Crippen molar-refractivity contribution in [2.75, 3.05) is 13.1 Å². The van der Waals surface area contributed by atoms with E-state index >= 15 is 0 Å². The summed E-state index contributed by atoms with van der Waals surface area (Å²) < 4.78 is 0. The second-order valence-electron chi connectivity index (χ2n) is 1.59. The molecule has 0 aromatic heterocycles. The van der Waals surface area contributed by atoms with Crippen molar-refractivity contribution in [1.82, 2.24) is 0 Å². The van der Waals surface area contributed by atoms with Gasteiger partial charge in [-0.25, -0.2) is 4.79 Å². The molecule has 0 aliphatic rings. The Morgan fingerprint density at radius 2 is 1.64 bits per heavy atom. The zero-order valence-electron chi connectivity index (χ0n) is 6.27. The van der Waals surface area contributed by atoms with Gasteiger partial charge in [0.15, 0.2) is 0 Å². The Kier molecular flexibility index (Phi) is 19.9. The maximum atomic E-state index is 9.45. The Hall–Kier alpha value is 0.0383. The van der Waals surface area contributed by atoms with Crippen LogP contribution in [0.15, 0.2) is 0 Å². The molecule has 5 nitrogen and oxygen atoms in total. The molecule has 0 aliphatic heterocycles. The zero-order chi connectivity index (χ0) is 8.57. The Bertz CT molecular complexity index is 87.8. The maximum absolute atomic E-state index is 9.45. The van der Waals surface area contributed by atoms with Crippen molar-refractivity contribution in [2.24, 2.45) is 11.5 Å². The summed E-state index contributed by atoms with van der Waals surface area (Å²) in [5.41, 5.74) is 9.81. The number of hydrogen-bond acceptors (Lipinski definition) is 4. The van der Waals surface area contributed by atoms with Gasteiger partial charge in [0.05, 0.1) is 0 Å². The first-order valence-corrected chi connectivity index (χ1v) is 2.87. The summed E-state index contributed by atoms with van der Waals surface area (Å²) in [6, 6.07) is 0. The molecule has 6 heteroatoms. The van der Waals surface area contributed by atoms with E-state index in [0.29, 0.717) is 13.1 Å². The number of carboxylic acid groups (broad SMARTS) is 1. The number of aliphatic hydroxyl groups excluding tert-OH is 1. The molecule has 0 amide bonds. The normalized spacial score (nSPS) is 10.2. The summed E-state index contributed by atoms with van der Waals surface area (Å²) in [6.07, 6.45) is -1.23. The second-order valence-corrected chi connectivity index (χ2v) is 1.59. The van der Waals surface area contributed by atoms with Crippen LogP contribution in [0.5, 0.6) is 0 Å². The minimum absolute atomic E-state index is 0. The van der Waals surface area contributed by atoms with Gasteiger partial charge in [0, 0.05) is 34.2 Å². The van der Waals surface area contributed by atoms with Gasteiger partial charge in [-0.3, -0.25) is 0 Å². The SMILES string of the molecule is CC(O)C(=O)O.NCCN.[Pt]. The summed E-state index contributed by atoms with van der Waals surface area (Å²) in [4.78, 5) is 9.45. The second kappa shape index (κ2) is 12.7. The molecular formula is C5H14N2O3Pt. The first-order chi connectivity index (χ1) is 4.56. The quantitative estimate of drug-likeness (QED) is 0.480. The number of aliphatic hydroxyl groups is 1. The number of carboxylic acids is 1. The largest absolute Gasteiger partial charge is 0.479 e. The average molecular weight is 345 g/mol. The van der Waals surface area contributed by atoms with Gasteiger partial charge >= 0.3 is 5.97 Å². The van der Waals surface area contributed by atoms with Crippen molar-refractivity contribution < 1.29 is 36.1 Å². The molecule has 0 saturated carbocycles. The molecule has 0 aromatic rings. The zero-order valence-corrected chi connectivity index (χ0v) is 8.54. The van der Waals surface area contributed by atoms with Crippen LogP contribution in [0.25, 0.3) is 0 Å². The van der Waals surface area contributed by atoms with Gasteiger partial charge in [-0.2, -0.15) is 0 Å². The Labute approximate surface area is 80.0 Å². The van der Waals surface area contributed by atoms with Gasteiger partial charge in [-0.1, -0.05) is 0 Å². The van der Waals surface area contributed by atoms with Gasteiger partial charge < -0.3 is 21.7 Å². The van der Waals surface area contributed by atoms with Crippen LogP contribution in [0.4, 0.5) is 0 Å². The predicted molar refractivity (Wildman–Crippen MR) is 37.4 cm³/mol. The van der Waals surface area contributed by atoms with Crippen LogP contribution < -0.4 is 11.5 Å². The third-order valence-electron chi connectivity index (χ3n) is 0.524.